The van der Waals surface area contributed by atoms with Crippen molar-refractivity contribution < 1.29 is 4.21 Å². The third-order valence-electron chi connectivity index (χ3n) is 0.470. The van der Waals surface area contributed by atoms with E-state index in [-0.39, 0.29) is 5.41 Å². The number of nitrogens with two attached hydrogens (primary N) is 1. The van der Waals surface area contributed by atoms with Crippen LogP contribution in [0.25, 0.3) is 0 Å². The summed E-state index contributed by atoms with van der Waals surface area (Å²) in [4.78, 5) is 0. The van der Waals surface area contributed by atoms with Crippen molar-refractivity contribution in [3.05, 3.63) is 0 Å². The van der Waals surface area contributed by atoms with Crippen LogP contribution < -0.4 is 5.14 Å². The third kappa shape index (κ3) is 5.98. The van der Waals surface area contributed by atoms with Crippen LogP contribution in [0.15, 0.2) is 0 Å². The van der Waals surface area contributed by atoms with Gasteiger partial charge >= 0.3 is 0 Å². The van der Waals surface area contributed by atoms with E-state index >= 15 is 0 Å². The lowest BCUT2D eigenvalue weighted by molar-refractivity contribution is 0.595. The Morgan fingerprint density at radius 1 is 1.50 bits per heavy atom. The molecule has 0 saturated heterocycles. The first-order valence-electron chi connectivity index (χ1n) is 2.43. The molecule has 0 unspecified atom stereocenters. The van der Waals surface area contributed by atoms with Crippen molar-refractivity contribution in [2.75, 3.05) is 0 Å². The Morgan fingerprint density at radius 3 is 1.88 bits per heavy atom. The standard InChI is InChI=1S/C5H12NOS/c1-5(2,3)4-8(6)7/h4H,1-3H3,(H2,6,7)/q-1. The smallest absolute Gasteiger partial charge is 0.0404 e. The molecule has 0 aromatic carbocycles. The average molecular weight is 134 g/mol. The molecule has 0 bridgehead atoms. The third-order valence-corrected chi connectivity index (χ3v) is 1.41. The molecule has 0 aromatic rings. The maximum absolute atomic E-state index is 10.3. The van der Waals surface area contributed by atoms with Gasteiger partial charge in [-0.15, -0.1) is 0 Å². The van der Waals surface area contributed by atoms with E-state index in [0.29, 0.717) is 0 Å². The molecule has 0 aliphatic rings. The molecule has 2 nitrogen and oxygen atoms in total. The summed E-state index contributed by atoms with van der Waals surface area (Å²) < 4.78 is 10.3. The van der Waals surface area contributed by atoms with Gasteiger partial charge in [-0.2, -0.15) is 5.37 Å². The van der Waals surface area contributed by atoms with Crippen molar-refractivity contribution >= 4 is 15.9 Å². The fourth-order valence-electron chi connectivity index (χ4n) is 0.348. The van der Waals surface area contributed by atoms with Crippen molar-refractivity contribution in [1.29, 1.82) is 0 Å². The summed E-state index contributed by atoms with van der Waals surface area (Å²) >= 11 is 0. The van der Waals surface area contributed by atoms with Gasteiger partial charge in [0.05, 0.1) is 0 Å². The minimum absolute atomic E-state index is 0.0282. The summed E-state index contributed by atoms with van der Waals surface area (Å²) in [6.45, 7) is 5.87. The summed E-state index contributed by atoms with van der Waals surface area (Å²) in [6.07, 6.45) is 0. The van der Waals surface area contributed by atoms with E-state index < -0.39 is 10.6 Å². The molecule has 0 rings (SSSR count). The molecule has 8 heavy (non-hydrogen) atoms. The normalized spacial score (nSPS) is 16.5. The van der Waals surface area contributed by atoms with Crippen LogP contribution in [0.2, 0.25) is 0 Å². The van der Waals surface area contributed by atoms with Gasteiger partial charge in [-0.05, 0) is 5.41 Å². The summed E-state index contributed by atoms with van der Waals surface area (Å²) in [5.74, 6) is 0. The quantitative estimate of drug-likeness (QED) is 0.384. The first kappa shape index (κ1) is 7.98. The zero-order chi connectivity index (χ0) is 6.78. The van der Waals surface area contributed by atoms with E-state index in [1.54, 1.807) is 5.37 Å². The van der Waals surface area contributed by atoms with Gasteiger partial charge in [-0.3, -0.25) is 0 Å². The lowest BCUT2D eigenvalue weighted by Gasteiger charge is -2.14. The molecule has 0 fully saturated rings. The highest BCUT2D eigenvalue weighted by Crippen LogP contribution is 2.06. The van der Waals surface area contributed by atoms with E-state index in [9.17, 15) is 4.21 Å². The second-order valence-corrected chi connectivity index (χ2v) is 3.71. The van der Waals surface area contributed by atoms with Crippen molar-refractivity contribution in [3.8, 4) is 0 Å². The molecular weight excluding hydrogens is 122 g/mol. The Bertz CT molecular complexity index is 139. The minimum Gasteiger partial charge on any atom is -0.448 e. The Balaban J connectivity index is 4.10. The van der Waals surface area contributed by atoms with Crippen molar-refractivity contribution in [3.63, 3.8) is 0 Å². The van der Waals surface area contributed by atoms with E-state index in [1.807, 2.05) is 20.8 Å². The summed E-state index contributed by atoms with van der Waals surface area (Å²) in [5.41, 5.74) is -0.0282. The van der Waals surface area contributed by atoms with Crippen LogP contribution in [-0.2, 0) is 14.8 Å². The van der Waals surface area contributed by atoms with Crippen LogP contribution in [0.3, 0.4) is 0 Å². The molecule has 0 spiro atoms. The van der Waals surface area contributed by atoms with Crippen LogP contribution in [0, 0.1) is 5.41 Å². The topological polar surface area (TPSA) is 43.1 Å². The highest BCUT2D eigenvalue weighted by atomic mass is 32.2. The van der Waals surface area contributed by atoms with E-state index in [2.05, 4.69) is 0 Å². The summed E-state index contributed by atoms with van der Waals surface area (Å²) in [6, 6.07) is 0. The van der Waals surface area contributed by atoms with Crippen LogP contribution in [0.1, 0.15) is 20.8 Å². The SMILES string of the molecule is CC(C)(C)C=[S-](N)=O. The van der Waals surface area contributed by atoms with E-state index in [1.165, 1.54) is 0 Å². The number of rotatable bonds is 0. The van der Waals surface area contributed by atoms with Crippen LogP contribution in [0.5, 0.6) is 0 Å². The molecule has 0 amide bonds. The Hall–Kier alpha value is -0.0200. The second-order valence-electron chi connectivity index (χ2n) is 2.81. The Morgan fingerprint density at radius 2 is 1.88 bits per heavy atom. The average Bonchev–Trinajstić information content (AvgIpc) is 1.21. The van der Waals surface area contributed by atoms with Gasteiger partial charge in [-0.25, -0.2) is 10.6 Å². The molecule has 3 heteroatoms. The zero-order valence-electron chi connectivity index (χ0n) is 5.47. The molecule has 0 aromatic heterocycles. The molecule has 0 heterocycles. The molecule has 0 aliphatic heterocycles. The fourth-order valence-corrected chi connectivity index (χ4v) is 1.05. The van der Waals surface area contributed by atoms with Crippen LogP contribution in [0.4, 0.5) is 0 Å². The van der Waals surface area contributed by atoms with Gasteiger partial charge in [0, 0.05) is 0 Å². The molecule has 0 aliphatic carbocycles. The first-order valence-corrected chi connectivity index (χ1v) is 3.70. The maximum Gasteiger partial charge on any atom is -0.0404 e. The van der Waals surface area contributed by atoms with E-state index in [0.717, 1.165) is 0 Å². The number of hydrogen-bond donors (Lipinski definition) is 1. The molecule has 2 N–H and O–H groups in total. The molecule has 0 radical (unpaired) electrons. The lowest BCUT2D eigenvalue weighted by Crippen LogP contribution is -2.10. The highest BCUT2D eigenvalue weighted by molar-refractivity contribution is 7.81. The van der Waals surface area contributed by atoms with E-state index in [4.69, 9.17) is 5.14 Å². The highest BCUT2D eigenvalue weighted by Gasteiger charge is 1.98. The van der Waals surface area contributed by atoms with Gasteiger partial charge in [0.25, 0.3) is 0 Å². The van der Waals surface area contributed by atoms with Crippen molar-refractivity contribution in [2.45, 2.75) is 20.8 Å². The maximum atomic E-state index is 10.3. The summed E-state index contributed by atoms with van der Waals surface area (Å²) in [5, 5.41) is 6.60. The van der Waals surface area contributed by atoms with Crippen LogP contribution >= 0.6 is 0 Å². The lowest BCUT2D eigenvalue weighted by atomic mass is 10.0. The predicted octanol–water partition coefficient (Wildman–Crippen LogP) is 0.672. The summed E-state index contributed by atoms with van der Waals surface area (Å²) in [7, 11) is -1.26. The van der Waals surface area contributed by atoms with Gasteiger partial charge in [-0.1, -0.05) is 20.8 Å². The van der Waals surface area contributed by atoms with Crippen LogP contribution in [-0.4, -0.2) is 5.37 Å². The van der Waals surface area contributed by atoms with Gasteiger partial charge in [0.15, 0.2) is 0 Å². The monoisotopic (exact) mass is 134 g/mol. The van der Waals surface area contributed by atoms with Crippen molar-refractivity contribution in [2.24, 2.45) is 10.6 Å². The Labute approximate surface area is 52.3 Å². The second kappa shape index (κ2) is 2.51. The fraction of sp³-hybridized carbons (Fsp3) is 0.800. The minimum atomic E-state index is -1.26. The molecule has 0 saturated carbocycles. The number of hydrogen-bond acceptors (Lipinski definition) is 2. The largest absolute Gasteiger partial charge is 0.448 e. The predicted molar refractivity (Wildman–Crippen MR) is 37.8 cm³/mol. The first-order chi connectivity index (χ1) is 3.42. The van der Waals surface area contributed by atoms with Gasteiger partial charge in [0.2, 0.25) is 0 Å². The Kier molecular flexibility index (Phi) is 2.50. The molecule has 50 valence electrons. The zero-order valence-corrected chi connectivity index (χ0v) is 6.29. The van der Waals surface area contributed by atoms with Gasteiger partial charge in [0.1, 0.15) is 0 Å². The van der Waals surface area contributed by atoms with Crippen molar-refractivity contribution in [1.82, 2.24) is 0 Å². The van der Waals surface area contributed by atoms with Gasteiger partial charge < -0.3 is 9.35 Å². The molecular formula is C5H12NOS-. The molecule has 0 atom stereocenters.